The van der Waals surface area contributed by atoms with Crippen molar-refractivity contribution in [2.45, 2.75) is 51.3 Å². The molecule has 0 radical (unpaired) electrons. The maximum atomic E-state index is 12.8. The Kier molecular flexibility index (Phi) is 5.98. The second kappa shape index (κ2) is 8.41. The number of nitrogens with one attached hydrogen (secondary N) is 2. The number of nitrogens with zero attached hydrogens (tertiary/aromatic N) is 1. The minimum atomic E-state index is -0.591. The van der Waals surface area contributed by atoms with E-state index < -0.39 is 12.1 Å². The molecule has 146 valence electrons. The van der Waals surface area contributed by atoms with Gasteiger partial charge in [0.2, 0.25) is 11.8 Å². The zero-order valence-electron chi connectivity index (χ0n) is 15.8. The number of likely N-dealkylation sites (tertiary alicyclic amines) is 1. The topological polar surface area (TPSA) is 87.7 Å². The molecule has 3 rings (SSSR count). The Morgan fingerprint density at radius 2 is 2.00 bits per heavy atom. The van der Waals surface area contributed by atoms with Gasteiger partial charge in [-0.05, 0) is 37.8 Å². The van der Waals surface area contributed by atoms with E-state index in [0.717, 1.165) is 6.42 Å². The minimum Gasteiger partial charge on any atom is -0.481 e. The molecule has 0 spiro atoms. The second-order valence-corrected chi connectivity index (χ2v) is 7.40. The first kappa shape index (κ1) is 19.2. The van der Waals surface area contributed by atoms with Crippen LogP contribution < -0.4 is 15.4 Å². The Morgan fingerprint density at radius 3 is 2.67 bits per heavy atom. The van der Waals surface area contributed by atoms with Crippen LogP contribution in [0.3, 0.4) is 0 Å². The van der Waals surface area contributed by atoms with Crippen molar-refractivity contribution in [1.29, 1.82) is 0 Å². The van der Waals surface area contributed by atoms with Crippen LogP contribution in [0.1, 0.15) is 33.1 Å². The predicted molar refractivity (Wildman–Crippen MR) is 100.0 cm³/mol. The number of benzene rings is 1. The van der Waals surface area contributed by atoms with Gasteiger partial charge in [0.05, 0.1) is 0 Å². The average molecular weight is 373 g/mol. The van der Waals surface area contributed by atoms with Crippen molar-refractivity contribution in [2.24, 2.45) is 5.92 Å². The van der Waals surface area contributed by atoms with Gasteiger partial charge in [0.25, 0.3) is 5.91 Å². The summed E-state index contributed by atoms with van der Waals surface area (Å²) in [6.07, 6.45) is 1.13. The summed E-state index contributed by atoms with van der Waals surface area (Å²) in [6, 6.07) is 8.67. The zero-order valence-corrected chi connectivity index (χ0v) is 15.8. The van der Waals surface area contributed by atoms with Gasteiger partial charge in [0, 0.05) is 25.6 Å². The fraction of sp³-hybridized carbons (Fsp3) is 0.550. The number of hydrogen-bond donors (Lipinski definition) is 2. The lowest BCUT2D eigenvalue weighted by molar-refractivity contribution is -0.140. The molecule has 2 aliphatic heterocycles. The number of carbonyl (C=O) groups excluding carboxylic acids is 3. The third-order valence-corrected chi connectivity index (χ3v) is 5.31. The Bertz CT molecular complexity index is 694. The molecule has 7 nitrogen and oxygen atoms in total. The van der Waals surface area contributed by atoms with E-state index in [1.165, 1.54) is 0 Å². The molecule has 2 saturated heterocycles. The van der Waals surface area contributed by atoms with Crippen molar-refractivity contribution >= 4 is 17.7 Å². The molecule has 1 aromatic rings. The number of piperidine rings is 1. The molecule has 7 heteroatoms. The number of carbonyl (C=O) groups is 3. The third kappa shape index (κ3) is 4.78. The summed E-state index contributed by atoms with van der Waals surface area (Å²) in [7, 11) is 0. The summed E-state index contributed by atoms with van der Waals surface area (Å²) in [5.74, 6) is 0.585. The van der Waals surface area contributed by atoms with E-state index >= 15 is 0 Å². The summed E-state index contributed by atoms with van der Waals surface area (Å²) < 4.78 is 5.74. The van der Waals surface area contributed by atoms with E-state index in [-0.39, 0.29) is 29.7 Å². The van der Waals surface area contributed by atoms with Gasteiger partial charge in [-0.25, -0.2) is 0 Å². The molecule has 3 amide bonds. The minimum absolute atomic E-state index is 0.0841. The number of hydrogen-bond acceptors (Lipinski definition) is 4. The lowest BCUT2D eigenvalue weighted by Gasteiger charge is -2.38. The Hall–Kier alpha value is -2.57. The first-order valence-electron chi connectivity index (χ1n) is 9.54. The number of ether oxygens (including phenoxy) is 1. The molecule has 2 aliphatic rings. The molecule has 1 aromatic carbocycles. The molecule has 27 heavy (non-hydrogen) atoms. The number of amides is 3. The fourth-order valence-electron chi connectivity index (χ4n) is 3.56. The first-order chi connectivity index (χ1) is 12.9. The normalized spacial score (nSPS) is 26.2. The molecule has 0 aliphatic carbocycles. The highest BCUT2D eigenvalue weighted by atomic mass is 16.5. The van der Waals surface area contributed by atoms with E-state index in [1.54, 1.807) is 11.8 Å². The SMILES string of the molecule is CC(Oc1ccccc1)C(=O)N1CCC(C)C(NC(=O)[C@@H]2CCC(=O)N2)C1. The largest absolute Gasteiger partial charge is 0.481 e. The average Bonchev–Trinajstić information content (AvgIpc) is 3.10. The summed E-state index contributed by atoms with van der Waals surface area (Å²) >= 11 is 0. The smallest absolute Gasteiger partial charge is 0.263 e. The van der Waals surface area contributed by atoms with Crippen LogP contribution in [0, 0.1) is 5.92 Å². The second-order valence-electron chi connectivity index (χ2n) is 7.40. The van der Waals surface area contributed by atoms with Crippen LogP contribution >= 0.6 is 0 Å². The van der Waals surface area contributed by atoms with Gasteiger partial charge in [-0.3, -0.25) is 14.4 Å². The van der Waals surface area contributed by atoms with Crippen molar-refractivity contribution in [3.8, 4) is 5.75 Å². The van der Waals surface area contributed by atoms with Crippen molar-refractivity contribution in [3.63, 3.8) is 0 Å². The molecular weight excluding hydrogens is 346 g/mol. The predicted octanol–water partition coefficient (Wildman–Crippen LogP) is 1.09. The van der Waals surface area contributed by atoms with Crippen LogP contribution in [0.2, 0.25) is 0 Å². The van der Waals surface area contributed by atoms with Gasteiger partial charge >= 0.3 is 0 Å². The summed E-state index contributed by atoms with van der Waals surface area (Å²) in [5.41, 5.74) is 0. The Morgan fingerprint density at radius 1 is 1.26 bits per heavy atom. The van der Waals surface area contributed by atoms with Gasteiger partial charge in [0.1, 0.15) is 11.8 Å². The van der Waals surface area contributed by atoms with Gasteiger partial charge in [-0.15, -0.1) is 0 Å². The number of rotatable bonds is 5. The first-order valence-corrected chi connectivity index (χ1v) is 9.54. The monoisotopic (exact) mass is 373 g/mol. The summed E-state index contributed by atoms with van der Waals surface area (Å²) in [5, 5.41) is 5.70. The molecule has 0 aromatic heterocycles. The summed E-state index contributed by atoms with van der Waals surface area (Å²) in [4.78, 5) is 38.3. The standard InChI is InChI=1S/C20H27N3O4/c1-13-10-11-23(20(26)14(2)27-15-6-4-3-5-7-15)12-17(13)22-19(25)16-8-9-18(24)21-16/h3-7,13-14,16-17H,8-12H2,1-2H3,(H,21,24)(H,22,25)/t13?,14?,16-,17?/m0/s1. The van der Waals surface area contributed by atoms with Gasteiger partial charge in [-0.1, -0.05) is 25.1 Å². The van der Waals surface area contributed by atoms with Crippen LogP contribution in [-0.4, -0.2) is 53.9 Å². The lowest BCUT2D eigenvalue weighted by atomic mass is 9.92. The van der Waals surface area contributed by atoms with Gasteiger partial charge in [-0.2, -0.15) is 0 Å². The Balaban J connectivity index is 1.56. The molecular formula is C20H27N3O4. The van der Waals surface area contributed by atoms with Crippen LogP contribution in [0.5, 0.6) is 5.75 Å². The van der Waals surface area contributed by atoms with Crippen LogP contribution in [0.25, 0.3) is 0 Å². The Labute approximate surface area is 159 Å². The van der Waals surface area contributed by atoms with Crippen molar-refractivity contribution in [1.82, 2.24) is 15.5 Å². The third-order valence-electron chi connectivity index (χ3n) is 5.31. The van der Waals surface area contributed by atoms with E-state index in [1.807, 2.05) is 30.3 Å². The maximum absolute atomic E-state index is 12.8. The van der Waals surface area contributed by atoms with E-state index in [2.05, 4.69) is 17.6 Å². The van der Waals surface area contributed by atoms with Gasteiger partial charge in [0.15, 0.2) is 6.10 Å². The molecule has 3 unspecified atom stereocenters. The van der Waals surface area contributed by atoms with Crippen LogP contribution in [-0.2, 0) is 14.4 Å². The number of para-hydroxylation sites is 1. The van der Waals surface area contributed by atoms with E-state index in [9.17, 15) is 14.4 Å². The molecule has 2 N–H and O–H groups in total. The lowest BCUT2D eigenvalue weighted by Crippen LogP contribution is -2.57. The van der Waals surface area contributed by atoms with Crippen molar-refractivity contribution in [3.05, 3.63) is 30.3 Å². The highest BCUT2D eigenvalue weighted by Gasteiger charge is 2.35. The van der Waals surface area contributed by atoms with E-state index in [4.69, 9.17) is 4.74 Å². The maximum Gasteiger partial charge on any atom is 0.263 e. The van der Waals surface area contributed by atoms with Crippen LogP contribution in [0.4, 0.5) is 0 Å². The highest BCUT2D eigenvalue weighted by molar-refractivity contribution is 5.91. The van der Waals surface area contributed by atoms with E-state index in [0.29, 0.717) is 31.7 Å². The fourth-order valence-corrected chi connectivity index (χ4v) is 3.56. The molecule has 4 atom stereocenters. The quantitative estimate of drug-likeness (QED) is 0.809. The molecule has 0 bridgehead atoms. The zero-order chi connectivity index (χ0) is 19.4. The molecule has 0 saturated carbocycles. The molecule has 2 heterocycles. The molecule has 2 fully saturated rings. The van der Waals surface area contributed by atoms with Crippen molar-refractivity contribution in [2.75, 3.05) is 13.1 Å². The summed E-state index contributed by atoms with van der Waals surface area (Å²) in [6.45, 7) is 4.92. The van der Waals surface area contributed by atoms with Gasteiger partial charge < -0.3 is 20.3 Å². The van der Waals surface area contributed by atoms with Crippen molar-refractivity contribution < 1.29 is 19.1 Å². The highest BCUT2D eigenvalue weighted by Crippen LogP contribution is 2.20. The van der Waals surface area contributed by atoms with Crippen LogP contribution in [0.15, 0.2) is 30.3 Å².